The molecule has 0 bridgehead atoms. The minimum absolute atomic E-state index is 0.0375. The molecule has 18 heavy (non-hydrogen) atoms. The number of hydrogen-bond donors (Lipinski definition) is 3. The van der Waals surface area contributed by atoms with E-state index < -0.39 is 0 Å². The van der Waals surface area contributed by atoms with Crippen LogP contribution < -0.4 is 16.0 Å². The fraction of sp³-hybridized carbons (Fsp3) is 0.250. The SMILES string of the molecule is CNC(=O)Cc1ccc(NC(=S)NC(C)=O)cc1. The van der Waals surface area contributed by atoms with Crippen LogP contribution in [0.1, 0.15) is 12.5 Å². The lowest BCUT2D eigenvalue weighted by atomic mass is 10.1. The fourth-order valence-electron chi connectivity index (χ4n) is 1.30. The van der Waals surface area contributed by atoms with Crippen molar-refractivity contribution in [2.75, 3.05) is 12.4 Å². The summed E-state index contributed by atoms with van der Waals surface area (Å²) in [6.07, 6.45) is 0.340. The number of thiocarbonyl (C=S) groups is 1. The summed E-state index contributed by atoms with van der Waals surface area (Å²) in [4.78, 5) is 21.9. The summed E-state index contributed by atoms with van der Waals surface area (Å²) < 4.78 is 0. The molecule has 0 aliphatic heterocycles. The molecule has 0 heterocycles. The first-order valence-corrected chi connectivity index (χ1v) is 5.80. The molecular formula is C12H15N3O2S. The van der Waals surface area contributed by atoms with Crippen molar-refractivity contribution in [3.63, 3.8) is 0 Å². The Kier molecular flexibility index (Phi) is 5.26. The molecule has 0 fully saturated rings. The average Bonchev–Trinajstić information content (AvgIpc) is 2.30. The maximum absolute atomic E-state index is 11.2. The number of carbonyl (C=O) groups excluding carboxylic acids is 2. The highest BCUT2D eigenvalue weighted by atomic mass is 32.1. The maximum atomic E-state index is 11.2. The Labute approximate surface area is 111 Å². The molecular weight excluding hydrogens is 250 g/mol. The van der Waals surface area contributed by atoms with Gasteiger partial charge in [0.05, 0.1) is 6.42 Å². The van der Waals surface area contributed by atoms with Crippen LogP contribution in [-0.4, -0.2) is 24.0 Å². The molecule has 6 heteroatoms. The van der Waals surface area contributed by atoms with E-state index in [0.29, 0.717) is 6.42 Å². The molecule has 0 saturated carbocycles. The summed E-state index contributed by atoms with van der Waals surface area (Å²) in [6, 6.07) is 7.25. The van der Waals surface area contributed by atoms with Crippen LogP contribution in [0.3, 0.4) is 0 Å². The Morgan fingerprint density at radius 1 is 1.22 bits per heavy atom. The number of likely N-dealkylation sites (N-methyl/N-ethyl adjacent to an activating group) is 1. The molecule has 0 unspecified atom stereocenters. The molecule has 96 valence electrons. The van der Waals surface area contributed by atoms with Crippen molar-refractivity contribution >= 4 is 34.8 Å². The van der Waals surface area contributed by atoms with Crippen molar-refractivity contribution in [3.05, 3.63) is 29.8 Å². The van der Waals surface area contributed by atoms with Crippen molar-refractivity contribution in [1.82, 2.24) is 10.6 Å². The monoisotopic (exact) mass is 265 g/mol. The summed E-state index contributed by atoms with van der Waals surface area (Å²) in [6.45, 7) is 1.39. The Hall–Kier alpha value is -1.95. The van der Waals surface area contributed by atoms with Crippen LogP contribution in [-0.2, 0) is 16.0 Å². The van der Waals surface area contributed by atoms with Crippen molar-refractivity contribution in [3.8, 4) is 0 Å². The standard InChI is InChI=1S/C12H15N3O2S/c1-8(16)14-12(18)15-10-5-3-9(4-6-10)7-11(17)13-2/h3-6H,7H2,1-2H3,(H,13,17)(H2,14,15,16,18). The number of carbonyl (C=O) groups is 2. The third-order valence-electron chi connectivity index (χ3n) is 2.14. The first-order chi connectivity index (χ1) is 8.51. The van der Waals surface area contributed by atoms with Crippen molar-refractivity contribution < 1.29 is 9.59 Å². The highest BCUT2D eigenvalue weighted by Crippen LogP contribution is 2.09. The van der Waals surface area contributed by atoms with Gasteiger partial charge in [0.25, 0.3) is 0 Å². The number of amides is 2. The quantitative estimate of drug-likeness (QED) is 0.707. The summed E-state index contributed by atoms with van der Waals surface area (Å²) in [5, 5.41) is 8.14. The van der Waals surface area contributed by atoms with Gasteiger partial charge in [0, 0.05) is 19.7 Å². The van der Waals surface area contributed by atoms with Crippen molar-refractivity contribution in [2.45, 2.75) is 13.3 Å². The van der Waals surface area contributed by atoms with Crippen molar-refractivity contribution in [2.24, 2.45) is 0 Å². The Morgan fingerprint density at radius 3 is 2.33 bits per heavy atom. The predicted molar refractivity (Wildman–Crippen MR) is 74.3 cm³/mol. The molecule has 0 radical (unpaired) electrons. The van der Waals surface area contributed by atoms with Crippen molar-refractivity contribution in [1.29, 1.82) is 0 Å². The van der Waals surface area contributed by atoms with Gasteiger partial charge in [-0.05, 0) is 29.9 Å². The van der Waals surface area contributed by atoms with Gasteiger partial charge in [-0.1, -0.05) is 12.1 Å². The smallest absolute Gasteiger partial charge is 0.224 e. The second-order valence-electron chi connectivity index (χ2n) is 3.68. The summed E-state index contributed by atoms with van der Waals surface area (Å²) in [5.74, 6) is -0.256. The summed E-state index contributed by atoms with van der Waals surface area (Å²) in [5.41, 5.74) is 1.67. The zero-order chi connectivity index (χ0) is 13.5. The van der Waals surface area contributed by atoms with E-state index in [1.807, 2.05) is 12.1 Å². The lowest BCUT2D eigenvalue weighted by Gasteiger charge is -2.08. The van der Waals surface area contributed by atoms with E-state index in [2.05, 4.69) is 16.0 Å². The molecule has 2 amide bonds. The molecule has 0 atom stereocenters. The van der Waals surface area contributed by atoms with Crippen LogP contribution in [0.15, 0.2) is 24.3 Å². The maximum Gasteiger partial charge on any atom is 0.224 e. The largest absolute Gasteiger partial charge is 0.359 e. The second-order valence-corrected chi connectivity index (χ2v) is 4.09. The Bertz CT molecular complexity index is 457. The van der Waals surface area contributed by atoms with E-state index in [1.165, 1.54) is 6.92 Å². The lowest BCUT2D eigenvalue weighted by Crippen LogP contribution is -2.32. The van der Waals surface area contributed by atoms with Gasteiger partial charge in [-0.2, -0.15) is 0 Å². The topological polar surface area (TPSA) is 70.2 Å². The normalized spacial score (nSPS) is 9.44. The predicted octanol–water partition coefficient (Wildman–Crippen LogP) is 0.808. The van der Waals surface area contributed by atoms with Gasteiger partial charge < -0.3 is 16.0 Å². The minimum Gasteiger partial charge on any atom is -0.359 e. The molecule has 0 saturated heterocycles. The van der Waals surface area contributed by atoms with Crippen LogP contribution in [0.4, 0.5) is 5.69 Å². The van der Waals surface area contributed by atoms with Crippen LogP contribution >= 0.6 is 12.2 Å². The fourth-order valence-corrected chi connectivity index (χ4v) is 1.56. The number of nitrogens with one attached hydrogen (secondary N) is 3. The van der Waals surface area contributed by atoms with E-state index in [9.17, 15) is 9.59 Å². The van der Waals surface area contributed by atoms with Gasteiger partial charge in [-0.3, -0.25) is 9.59 Å². The molecule has 0 aromatic heterocycles. The number of hydrogen-bond acceptors (Lipinski definition) is 3. The second kappa shape index (κ2) is 6.70. The molecule has 0 spiro atoms. The number of rotatable bonds is 3. The Morgan fingerprint density at radius 2 is 1.83 bits per heavy atom. The third kappa shape index (κ3) is 4.92. The highest BCUT2D eigenvalue weighted by molar-refractivity contribution is 7.80. The number of benzene rings is 1. The van der Waals surface area contributed by atoms with Crippen LogP contribution in [0.2, 0.25) is 0 Å². The molecule has 1 rings (SSSR count). The molecule has 0 aliphatic rings. The van der Waals surface area contributed by atoms with Gasteiger partial charge in [0.1, 0.15) is 0 Å². The highest BCUT2D eigenvalue weighted by Gasteiger charge is 2.02. The third-order valence-corrected chi connectivity index (χ3v) is 2.35. The number of anilines is 1. The van der Waals surface area contributed by atoms with E-state index in [0.717, 1.165) is 11.3 Å². The van der Waals surface area contributed by atoms with E-state index in [1.54, 1.807) is 19.2 Å². The van der Waals surface area contributed by atoms with Crippen LogP contribution in [0.25, 0.3) is 0 Å². The van der Waals surface area contributed by atoms with Gasteiger partial charge in [-0.25, -0.2) is 0 Å². The molecule has 1 aromatic rings. The first-order valence-electron chi connectivity index (χ1n) is 5.39. The summed E-state index contributed by atoms with van der Waals surface area (Å²) in [7, 11) is 1.60. The molecule has 5 nitrogen and oxygen atoms in total. The van der Waals surface area contributed by atoms with E-state index in [4.69, 9.17) is 12.2 Å². The molecule has 0 aliphatic carbocycles. The van der Waals surface area contributed by atoms with Crippen LogP contribution in [0, 0.1) is 0 Å². The van der Waals surface area contributed by atoms with E-state index >= 15 is 0 Å². The van der Waals surface area contributed by atoms with Gasteiger partial charge in [-0.15, -0.1) is 0 Å². The first kappa shape index (κ1) is 14.1. The average molecular weight is 265 g/mol. The van der Waals surface area contributed by atoms with Gasteiger partial charge in [0.15, 0.2) is 5.11 Å². The summed E-state index contributed by atoms with van der Waals surface area (Å²) >= 11 is 4.93. The van der Waals surface area contributed by atoms with E-state index in [-0.39, 0.29) is 16.9 Å². The minimum atomic E-state index is -0.219. The Balaban J connectivity index is 2.57. The molecule has 1 aromatic carbocycles. The molecule has 3 N–H and O–H groups in total. The zero-order valence-corrected chi connectivity index (χ0v) is 11.1. The van der Waals surface area contributed by atoms with Gasteiger partial charge in [0.2, 0.25) is 11.8 Å². The van der Waals surface area contributed by atoms with Crippen LogP contribution in [0.5, 0.6) is 0 Å². The lowest BCUT2D eigenvalue weighted by molar-refractivity contribution is -0.120. The zero-order valence-electron chi connectivity index (χ0n) is 10.2. The van der Waals surface area contributed by atoms with Gasteiger partial charge >= 0.3 is 0 Å².